The Morgan fingerprint density at radius 1 is 1.29 bits per heavy atom. The van der Waals surface area contributed by atoms with E-state index in [0.717, 1.165) is 18.6 Å². The predicted molar refractivity (Wildman–Crippen MR) is 87.8 cm³/mol. The van der Waals surface area contributed by atoms with Gasteiger partial charge in [-0.1, -0.05) is 37.0 Å². The van der Waals surface area contributed by atoms with Crippen LogP contribution in [0.2, 0.25) is 0 Å². The lowest BCUT2D eigenvalue weighted by atomic mass is 9.96. The lowest BCUT2D eigenvalue weighted by molar-refractivity contribution is 0.286. The van der Waals surface area contributed by atoms with Gasteiger partial charge in [-0.05, 0) is 38.8 Å². The van der Waals surface area contributed by atoms with Crippen LogP contribution in [0.25, 0.3) is 0 Å². The first-order chi connectivity index (χ1) is 10.1. The van der Waals surface area contributed by atoms with Gasteiger partial charge in [0.15, 0.2) is 5.96 Å². The van der Waals surface area contributed by atoms with E-state index in [2.05, 4.69) is 24.2 Å². The fourth-order valence-electron chi connectivity index (χ4n) is 2.59. The molecule has 4 nitrogen and oxygen atoms in total. The maximum absolute atomic E-state index is 5.98. The molecule has 1 aromatic rings. The van der Waals surface area contributed by atoms with Crippen molar-refractivity contribution < 1.29 is 4.74 Å². The van der Waals surface area contributed by atoms with Crippen LogP contribution in [-0.2, 0) is 0 Å². The molecule has 1 saturated carbocycles. The summed E-state index contributed by atoms with van der Waals surface area (Å²) in [4.78, 5) is 4.57. The number of ether oxygens (including phenoxy) is 1. The third-order valence-corrected chi connectivity index (χ3v) is 3.81. The summed E-state index contributed by atoms with van der Waals surface area (Å²) in [5.74, 6) is 1.43. The minimum Gasteiger partial charge on any atom is -0.491 e. The van der Waals surface area contributed by atoms with Crippen LogP contribution in [0.1, 0.15) is 44.6 Å². The summed E-state index contributed by atoms with van der Waals surface area (Å²) in [7, 11) is 0. The molecule has 21 heavy (non-hydrogen) atoms. The number of aryl methyl sites for hydroxylation is 1. The normalized spacial score (nSPS) is 18.3. The van der Waals surface area contributed by atoms with Crippen LogP contribution in [0, 0.1) is 6.92 Å². The Hall–Kier alpha value is -1.71. The first-order valence-electron chi connectivity index (χ1n) is 7.93. The number of nitrogens with zero attached hydrogens (tertiary/aromatic N) is 1. The van der Waals surface area contributed by atoms with Crippen LogP contribution in [0.5, 0.6) is 5.75 Å². The van der Waals surface area contributed by atoms with Crippen molar-refractivity contribution in [3.8, 4) is 5.75 Å². The zero-order valence-electron chi connectivity index (χ0n) is 13.1. The molecule has 1 fully saturated rings. The van der Waals surface area contributed by atoms with Crippen LogP contribution >= 0.6 is 0 Å². The number of hydrogen-bond donors (Lipinski definition) is 2. The van der Waals surface area contributed by atoms with Gasteiger partial charge in [0.2, 0.25) is 0 Å². The first kappa shape index (κ1) is 15.7. The lowest BCUT2D eigenvalue weighted by Gasteiger charge is -2.20. The van der Waals surface area contributed by atoms with E-state index >= 15 is 0 Å². The quantitative estimate of drug-likeness (QED) is 0.647. The second-order valence-corrected chi connectivity index (χ2v) is 5.98. The van der Waals surface area contributed by atoms with Crippen LogP contribution in [0.15, 0.2) is 29.3 Å². The van der Waals surface area contributed by atoms with Crippen molar-refractivity contribution in [1.29, 1.82) is 0 Å². The van der Waals surface area contributed by atoms with Gasteiger partial charge in [-0.2, -0.15) is 0 Å². The largest absolute Gasteiger partial charge is 0.491 e. The average Bonchev–Trinajstić information content (AvgIpc) is 2.47. The molecule has 1 unspecified atom stereocenters. The van der Waals surface area contributed by atoms with Crippen molar-refractivity contribution in [3.05, 3.63) is 29.8 Å². The van der Waals surface area contributed by atoms with Gasteiger partial charge in [0.1, 0.15) is 12.4 Å². The minimum atomic E-state index is 0.138. The van der Waals surface area contributed by atoms with E-state index in [-0.39, 0.29) is 6.04 Å². The summed E-state index contributed by atoms with van der Waals surface area (Å²) in [6.45, 7) is 4.69. The predicted octanol–water partition coefficient (Wildman–Crippen LogP) is 3.00. The molecule has 0 saturated heterocycles. The summed E-state index contributed by atoms with van der Waals surface area (Å²) in [5, 5.41) is 3.21. The third-order valence-electron chi connectivity index (χ3n) is 3.81. The van der Waals surface area contributed by atoms with E-state index in [1.165, 1.54) is 24.8 Å². The molecule has 0 aromatic heterocycles. The van der Waals surface area contributed by atoms with E-state index in [1.807, 2.05) is 24.3 Å². The van der Waals surface area contributed by atoms with Crippen LogP contribution in [0.4, 0.5) is 0 Å². The number of hydrogen-bond acceptors (Lipinski definition) is 2. The van der Waals surface area contributed by atoms with Gasteiger partial charge in [0.05, 0.1) is 12.1 Å². The molecular weight excluding hydrogens is 262 g/mol. The van der Waals surface area contributed by atoms with Gasteiger partial charge in [-0.25, -0.2) is 0 Å². The fourth-order valence-corrected chi connectivity index (χ4v) is 2.59. The maximum atomic E-state index is 5.98. The first-order valence-corrected chi connectivity index (χ1v) is 7.93. The average molecular weight is 289 g/mol. The molecular formula is C17H27N3O. The highest BCUT2D eigenvalue weighted by molar-refractivity contribution is 5.78. The number of rotatable bonds is 5. The number of aliphatic imine (C=N–C) groups is 1. The summed E-state index contributed by atoms with van der Waals surface area (Å²) >= 11 is 0. The molecule has 1 aliphatic rings. The van der Waals surface area contributed by atoms with Crippen molar-refractivity contribution in [2.45, 2.75) is 58.0 Å². The molecule has 0 aliphatic heterocycles. The topological polar surface area (TPSA) is 59.6 Å². The van der Waals surface area contributed by atoms with E-state index in [1.54, 1.807) is 0 Å². The highest BCUT2D eigenvalue weighted by Gasteiger charge is 2.13. The molecule has 2 rings (SSSR count). The van der Waals surface area contributed by atoms with E-state index < -0.39 is 0 Å². The number of nitrogens with one attached hydrogen (secondary N) is 1. The Balaban J connectivity index is 1.74. The fraction of sp³-hybridized carbons (Fsp3) is 0.588. The number of nitrogens with two attached hydrogens (primary N) is 1. The molecule has 0 radical (unpaired) electrons. The molecule has 3 N–H and O–H groups in total. The second-order valence-electron chi connectivity index (χ2n) is 5.98. The van der Waals surface area contributed by atoms with E-state index in [9.17, 15) is 0 Å². The van der Waals surface area contributed by atoms with Crippen molar-refractivity contribution in [3.63, 3.8) is 0 Å². The summed E-state index contributed by atoms with van der Waals surface area (Å²) in [6.07, 6.45) is 6.20. The summed E-state index contributed by atoms with van der Waals surface area (Å²) in [5.41, 5.74) is 7.21. The molecule has 0 amide bonds. The Morgan fingerprint density at radius 3 is 2.62 bits per heavy atom. The summed E-state index contributed by atoms with van der Waals surface area (Å²) < 4.78 is 5.74. The van der Waals surface area contributed by atoms with Crippen LogP contribution < -0.4 is 15.8 Å². The molecule has 0 bridgehead atoms. The Bertz CT molecular complexity index is 450. The molecule has 4 heteroatoms. The van der Waals surface area contributed by atoms with Crippen molar-refractivity contribution >= 4 is 5.96 Å². The monoisotopic (exact) mass is 289 g/mol. The highest BCUT2D eigenvalue weighted by atomic mass is 16.5. The molecule has 1 aromatic carbocycles. The maximum Gasteiger partial charge on any atom is 0.189 e. The summed E-state index contributed by atoms with van der Waals surface area (Å²) in [6, 6.07) is 8.61. The smallest absolute Gasteiger partial charge is 0.189 e. The third kappa shape index (κ3) is 5.66. The Morgan fingerprint density at radius 2 is 1.95 bits per heavy atom. The van der Waals surface area contributed by atoms with Gasteiger partial charge < -0.3 is 15.8 Å². The zero-order chi connectivity index (χ0) is 15.1. The molecule has 0 heterocycles. The second kappa shape index (κ2) is 7.91. The lowest BCUT2D eigenvalue weighted by Crippen LogP contribution is -2.42. The highest BCUT2D eigenvalue weighted by Crippen LogP contribution is 2.20. The molecule has 116 valence electrons. The molecule has 0 spiro atoms. The standard InChI is InChI=1S/C17H27N3O/c1-13-8-10-16(11-9-13)21-12-14(2)19-17(18)20-15-6-4-3-5-7-15/h8-11,14-15H,3-7,12H2,1-2H3,(H3,18,19,20). The molecule has 1 aliphatic carbocycles. The van der Waals surface area contributed by atoms with Gasteiger partial charge in [-0.15, -0.1) is 0 Å². The van der Waals surface area contributed by atoms with Crippen molar-refractivity contribution in [2.75, 3.05) is 6.61 Å². The van der Waals surface area contributed by atoms with Crippen molar-refractivity contribution in [2.24, 2.45) is 10.7 Å². The van der Waals surface area contributed by atoms with Crippen LogP contribution in [0.3, 0.4) is 0 Å². The van der Waals surface area contributed by atoms with E-state index in [4.69, 9.17) is 10.5 Å². The Labute approximate surface area is 127 Å². The minimum absolute atomic E-state index is 0.138. The van der Waals surface area contributed by atoms with Gasteiger partial charge in [0.25, 0.3) is 0 Å². The molecule has 1 atom stereocenters. The van der Waals surface area contributed by atoms with E-state index in [0.29, 0.717) is 18.6 Å². The zero-order valence-corrected chi connectivity index (χ0v) is 13.1. The Kier molecular flexibility index (Phi) is 5.90. The number of benzene rings is 1. The van der Waals surface area contributed by atoms with Gasteiger partial charge in [-0.3, -0.25) is 4.99 Å². The number of guanidine groups is 1. The van der Waals surface area contributed by atoms with Gasteiger partial charge >= 0.3 is 0 Å². The van der Waals surface area contributed by atoms with Crippen LogP contribution in [-0.4, -0.2) is 24.7 Å². The SMILES string of the molecule is Cc1ccc(OCC(C)NC(N)=NC2CCCCC2)cc1. The van der Waals surface area contributed by atoms with Gasteiger partial charge in [0, 0.05) is 0 Å². The van der Waals surface area contributed by atoms with Crippen molar-refractivity contribution in [1.82, 2.24) is 5.32 Å².